The van der Waals surface area contributed by atoms with E-state index in [-0.39, 0.29) is 11.3 Å². The zero-order chi connectivity index (χ0) is 13.3. The van der Waals surface area contributed by atoms with Gasteiger partial charge in [0.15, 0.2) is 5.69 Å². The zero-order valence-electron chi connectivity index (χ0n) is 9.91. The molecule has 2 N–H and O–H groups in total. The Labute approximate surface area is 102 Å². The lowest BCUT2D eigenvalue weighted by Gasteiger charge is -2.09. The van der Waals surface area contributed by atoms with E-state index in [0.717, 1.165) is 4.68 Å². The first kappa shape index (κ1) is 11.9. The number of nitrogens with zero attached hydrogens (tertiary/aromatic N) is 4. The molecule has 0 aliphatic rings. The first-order chi connectivity index (χ1) is 8.52. The molecule has 0 aliphatic heterocycles. The van der Waals surface area contributed by atoms with Crippen LogP contribution in [0.5, 0.6) is 0 Å². The molecule has 2 rings (SSSR count). The van der Waals surface area contributed by atoms with Crippen LogP contribution >= 0.6 is 0 Å². The van der Waals surface area contributed by atoms with Gasteiger partial charge in [-0.1, -0.05) is 0 Å². The summed E-state index contributed by atoms with van der Waals surface area (Å²) in [5.74, 6) is -0.714. The molecular weight excluding hydrogens is 234 g/mol. The van der Waals surface area contributed by atoms with E-state index in [9.17, 15) is 9.59 Å². The molecule has 0 saturated carbocycles. The minimum Gasteiger partial charge on any atom is -0.364 e. The Bertz CT molecular complexity index is 663. The molecule has 0 fully saturated rings. The maximum absolute atomic E-state index is 11.8. The number of aromatic nitrogens is 4. The van der Waals surface area contributed by atoms with Crippen molar-refractivity contribution in [1.29, 1.82) is 0 Å². The van der Waals surface area contributed by atoms with Crippen molar-refractivity contribution in [3.8, 4) is 11.3 Å². The van der Waals surface area contributed by atoms with E-state index in [4.69, 9.17) is 5.73 Å². The average molecular weight is 245 g/mol. The summed E-state index contributed by atoms with van der Waals surface area (Å²) in [6.45, 7) is 1.60. The number of rotatable bonds is 2. The highest BCUT2D eigenvalue weighted by atomic mass is 16.1. The van der Waals surface area contributed by atoms with Crippen LogP contribution in [-0.2, 0) is 7.05 Å². The highest BCUT2D eigenvalue weighted by Gasteiger charge is 2.19. The lowest BCUT2D eigenvalue weighted by atomic mass is 10.0. The summed E-state index contributed by atoms with van der Waals surface area (Å²) in [5, 5.41) is 11.5. The van der Waals surface area contributed by atoms with Gasteiger partial charge in [0.25, 0.3) is 11.5 Å². The van der Waals surface area contributed by atoms with Crippen LogP contribution in [0.1, 0.15) is 16.1 Å². The molecule has 2 aromatic rings. The van der Waals surface area contributed by atoms with Crippen LogP contribution in [0.4, 0.5) is 0 Å². The van der Waals surface area contributed by atoms with Gasteiger partial charge in [0, 0.05) is 24.4 Å². The number of carbonyl (C=O) groups is 1. The molecule has 2 heterocycles. The maximum Gasteiger partial charge on any atom is 0.270 e. The van der Waals surface area contributed by atoms with Gasteiger partial charge in [0.2, 0.25) is 0 Å². The minimum absolute atomic E-state index is 0.00935. The molecule has 0 saturated heterocycles. The number of carbonyl (C=O) groups excluding carboxylic acids is 1. The number of hydrogen-bond acceptors (Lipinski definition) is 5. The van der Waals surface area contributed by atoms with Crippen molar-refractivity contribution >= 4 is 5.91 Å². The van der Waals surface area contributed by atoms with Gasteiger partial charge in [-0.15, -0.1) is 0 Å². The quantitative estimate of drug-likeness (QED) is 0.778. The molecule has 0 bridgehead atoms. The molecule has 0 unspecified atom stereocenters. The number of amides is 1. The molecular formula is C11H11N5O2. The standard InChI is InChI=1S/C11H11N5O2/c1-6-8(7-4-3-5-13-14-7)9(10(12)17)15-16(2)11(6)18/h3-5H,1-2H3,(H2,12,17). The largest absolute Gasteiger partial charge is 0.364 e. The van der Waals surface area contributed by atoms with Crippen LogP contribution in [0.3, 0.4) is 0 Å². The Balaban J connectivity index is 2.85. The second-order valence-corrected chi connectivity index (χ2v) is 3.75. The van der Waals surface area contributed by atoms with Crippen molar-refractivity contribution in [2.24, 2.45) is 12.8 Å². The van der Waals surface area contributed by atoms with Gasteiger partial charge in [-0.25, -0.2) is 4.68 Å². The maximum atomic E-state index is 11.8. The third-order valence-electron chi connectivity index (χ3n) is 2.54. The third-order valence-corrected chi connectivity index (χ3v) is 2.54. The van der Waals surface area contributed by atoms with Gasteiger partial charge in [-0.2, -0.15) is 15.3 Å². The highest BCUT2D eigenvalue weighted by Crippen LogP contribution is 2.20. The molecule has 0 spiro atoms. The van der Waals surface area contributed by atoms with Crippen molar-refractivity contribution in [1.82, 2.24) is 20.0 Å². The van der Waals surface area contributed by atoms with Gasteiger partial charge < -0.3 is 5.73 Å². The monoisotopic (exact) mass is 245 g/mol. The highest BCUT2D eigenvalue weighted by molar-refractivity contribution is 5.97. The predicted octanol–water partition coefficient (Wildman–Crippen LogP) is -0.355. The van der Waals surface area contributed by atoms with Crippen LogP contribution in [0, 0.1) is 6.92 Å². The molecule has 18 heavy (non-hydrogen) atoms. The Morgan fingerprint density at radius 3 is 2.72 bits per heavy atom. The molecule has 0 aromatic carbocycles. The smallest absolute Gasteiger partial charge is 0.270 e. The molecule has 7 heteroatoms. The van der Waals surface area contributed by atoms with E-state index >= 15 is 0 Å². The van der Waals surface area contributed by atoms with Crippen LogP contribution < -0.4 is 11.3 Å². The molecule has 0 radical (unpaired) electrons. The van der Waals surface area contributed by atoms with Crippen molar-refractivity contribution in [2.45, 2.75) is 6.92 Å². The van der Waals surface area contributed by atoms with E-state index in [1.54, 1.807) is 19.1 Å². The molecule has 92 valence electrons. The minimum atomic E-state index is -0.714. The molecule has 1 amide bonds. The normalized spacial score (nSPS) is 10.3. The first-order valence-corrected chi connectivity index (χ1v) is 5.18. The Morgan fingerprint density at radius 2 is 2.17 bits per heavy atom. The average Bonchev–Trinajstić information content (AvgIpc) is 2.36. The molecule has 0 atom stereocenters. The van der Waals surface area contributed by atoms with Crippen molar-refractivity contribution in [3.05, 3.63) is 39.9 Å². The first-order valence-electron chi connectivity index (χ1n) is 5.18. The topological polar surface area (TPSA) is 104 Å². The molecule has 7 nitrogen and oxygen atoms in total. The predicted molar refractivity (Wildman–Crippen MR) is 63.8 cm³/mol. The summed E-state index contributed by atoms with van der Waals surface area (Å²) in [5.41, 5.74) is 6.07. The van der Waals surface area contributed by atoms with Gasteiger partial charge >= 0.3 is 0 Å². The van der Waals surface area contributed by atoms with Crippen molar-refractivity contribution in [2.75, 3.05) is 0 Å². The van der Waals surface area contributed by atoms with Crippen molar-refractivity contribution < 1.29 is 4.79 Å². The number of aryl methyl sites for hydroxylation is 1. The summed E-state index contributed by atoms with van der Waals surface area (Å²) < 4.78 is 1.08. The molecule has 0 aliphatic carbocycles. The number of primary amides is 1. The second-order valence-electron chi connectivity index (χ2n) is 3.75. The number of nitrogens with two attached hydrogens (primary N) is 1. The third kappa shape index (κ3) is 1.86. The fraction of sp³-hybridized carbons (Fsp3) is 0.182. The summed E-state index contributed by atoms with van der Waals surface area (Å²) in [4.78, 5) is 23.2. The lowest BCUT2D eigenvalue weighted by molar-refractivity contribution is 0.0994. The lowest BCUT2D eigenvalue weighted by Crippen LogP contribution is -2.28. The van der Waals surface area contributed by atoms with E-state index in [0.29, 0.717) is 16.8 Å². The van der Waals surface area contributed by atoms with E-state index in [2.05, 4.69) is 15.3 Å². The van der Waals surface area contributed by atoms with E-state index in [1.807, 2.05) is 0 Å². The van der Waals surface area contributed by atoms with E-state index in [1.165, 1.54) is 13.2 Å². The van der Waals surface area contributed by atoms with Gasteiger partial charge in [-0.05, 0) is 19.1 Å². The Kier molecular flexibility index (Phi) is 2.88. The SMILES string of the molecule is Cc1c(-c2cccnn2)c(C(N)=O)nn(C)c1=O. The summed E-state index contributed by atoms with van der Waals surface area (Å²) in [6, 6.07) is 3.30. The van der Waals surface area contributed by atoms with Gasteiger partial charge in [0.05, 0.1) is 5.69 Å². The Hall–Kier alpha value is -2.57. The molecule has 2 aromatic heterocycles. The van der Waals surface area contributed by atoms with E-state index < -0.39 is 5.91 Å². The zero-order valence-corrected chi connectivity index (χ0v) is 9.91. The number of hydrogen-bond donors (Lipinski definition) is 1. The van der Waals surface area contributed by atoms with Crippen LogP contribution in [0.15, 0.2) is 23.1 Å². The fourth-order valence-corrected chi connectivity index (χ4v) is 1.69. The van der Waals surface area contributed by atoms with Crippen LogP contribution in [0.25, 0.3) is 11.3 Å². The summed E-state index contributed by atoms with van der Waals surface area (Å²) >= 11 is 0. The Morgan fingerprint density at radius 1 is 1.44 bits per heavy atom. The summed E-state index contributed by atoms with van der Waals surface area (Å²) in [7, 11) is 1.46. The fourth-order valence-electron chi connectivity index (χ4n) is 1.69. The van der Waals surface area contributed by atoms with Crippen LogP contribution in [-0.4, -0.2) is 25.9 Å². The van der Waals surface area contributed by atoms with Gasteiger partial charge in [-0.3, -0.25) is 9.59 Å². The second kappa shape index (κ2) is 4.36. The van der Waals surface area contributed by atoms with Crippen molar-refractivity contribution in [3.63, 3.8) is 0 Å². The summed E-state index contributed by atoms with van der Waals surface area (Å²) in [6.07, 6.45) is 1.50. The van der Waals surface area contributed by atoms with Gasteiger partial charge in [0.1, 0.15) is 0 Å². The van der Waals surface area contributed by atoms with Crippen LogP contribution in [0.2, 0.25) is 0 Å².